The number of aromatic nitrogens is 1. The van der Waals surface area contributed by atoms with Crippen molar-refractivity contribution in [1.29, 1.82) is 5.26 Å². The van der Waals surface area contributed by atoms with E-state index in [1.54, 1.807) is 0 Å². The maximum atomic E-state index is 13.2. The Morgan fingerprint density at radius 2 is 1.94 bits per heavy atom. The molecule has 0 bridgehead atoms. The van der Waals surface area contributed by atoms with E-state index < -0.39 is 0 Å². The number of benzene rings is 1. The Balaban J connectivity index is 1.56. The lowest BCUT2D eigenvalue weighted by atomic mass is 10.1. The van der Waals surface area contributed by atoms with Crippen molar-refractivity contribution in [2.24, 2.45) is 0 Å². The zero-order valence-electron chi connectivity index (χ0n) is 17.7. The number of carbonyl (C=O) groups is 2. The molecular formula is C23H27N5O3. The third-order valence-corrected chi connectivity index (χ3v) is 5.91. The van der Waals surface area contributed by atoms with Gasteiger partial charge in [-0.25, -0.2) is 0 Å². The van der Waals surface area contributed by atoms with Crippen LogP contribution in [-0.2, 0) is 22.5 Å². The van der Waals surface area contributed by atoms with Gasteiger partial charge in [-0.15, -0.1) is 0 Å². The molecule has 4 rings (SSSR count). The smallest absolute Gasteiger partial charge is 0.274 e. The van der Waals surface area contributed by atoms with Crippen LogP contribution < -0.4 is 10.6 Å². The summed E-state index contributed by atoms with van der Waals surface area (Å²) in [4.78, 5) is 28.1. The lowest BCUT2D eigenvalue weighted by Crippen LogP contribution is -2.38. The molecule has 0 radical (unpaired) electrons. The zero-order valence-corrected chi connectivity index (χ0v) is 17.7. The number of morpholine rings is 1. The van der Waals surface area contributed by atoms with E-state index in [0.29, 0.717) is 55.4 Å². The number of para-hydroxylation sites is 1. The Hall–Kier alpha value is -3.15. The van der Waals surface area contributed by atoms with Gasteiger partial charge in [0, 0.05) is 44.0 Å². The second kappa shape index (κ2) is 9.33. The van der Waals surface area contributed by atoms with Crippen molar-refractivity contribution >= 4 is 23.2 Å². The molecule has 31 heavy (non-hydrogen) atoms. The standard InChI is InChI=1S/C23H27N5O3/c1-16-5-2-3-6-18(16)25-23(30)22-21(17(15-24)19-7-4-9-28(19)22)26-20(29)8-10-27-11-13-31-14-12-27/h2-3,5-6H,4,7-14H2,1H3,(H,25,30)(H,26,29). The summed E-state index contributed by atoms with van der Waals surface area (Å²) in [5.74, 6) is -0.514. The van der Waals surface area contributed by atoms with Gasteiger partial charge in [0.2, 0.25) is 5.91 Å². The quantitative estimate of drug-likeness (QED) is 0.747. The summed E-state index contributed by atoms with van der Waals surface area (Å²) in [6.07, 6.45) is 1.89. The third-order valence-electron chi connectivity index (χ3n) is 5.91. The second-order valence-corrected chi connectivity index (χ2v) is 7.93. The molecule has 2 aromatic rings. The number of hydrogen-bond donors (Lipinski definition) is 2. The summed E-state index contributed by atoms with van der Waals surface area (Å²) in [6, 6.07) is 9.75. The topological polar surface area (TPSA) is 99.4 Å². The monoisotopic (exact) mass is 421 g/mol. The maximum absolute atomic E-state index is 13.2. The minimum atomic E-state index is -0.317. The van der Waals surface area contributed by atoms with Crippen LogP contribution >= 0.6 is 0 Å². The first kappa shape index (κ1) is 21.1. The maximum Gasteiger partial charge on any atom is 0.274 e. The highest BCUT2D eigenvalue weighted by molar-refractivity contribution is 6.11. The van der Waals surface area contributed by atoms with Crippen molar-refractivity contribution < 1.29 is 14.3 Å². The summed E-state index contributed by atoms with van der Waals surface area (Å²) in [5, 5.41) is 15.6. The Labute approximate surface area is 181 Å². The van der Waals surface area contributed by atoms with Gasteiger partial charge >= 0.3 is 0 Å². The van der Waals surface area contributed by atoms with Gasteiger partial charge in [-0.2, -0.15) is 5.26 Å². The van der Waals surface area contributed by atoms with E-state index in [0.717, 1.165) is 37.2 Å². The summed E-state index contributed by atoms with van der Waals surface area (Å²) < 4.78 is 7.22. The number of ether oxygens (including phenoxy) is 1. The highest BCUT2D eigenvalue weighted by Gasteiger charge is 2.31. The van der Waals surface area contributed by atoms with Crippen LogP contribution in [0.3, 0.4) is 0 Å². The molecule has 1 fully saturated rings. The van der Waals surface area contributed by atoms with Gasteiger partial charge in [0.05, 0.1) is 24.5 Å². The van der Waals surface area contributed by atoms with Gasteiger partial charge in [-0.05, 0) is 31.4 Å². The fraction of sp³-hybridized carbons (Fsp3) is 0.435. The normalized spacial score (nSPS) is 15.9. The van der Waals surface area contributed by atoms with Crippen LogP contribution in [0.1, 0.15) is 40.2 Å². The zero-order chi connectivity index (χ0) is 21.8. The van der Waals surface area contributed by atoms with Gasteiger partial charge in [0.15, 0.2) is 0 Å². The average molecular weight is 422 g/mol. The summed E-state index contributed by atoms with van der Waals surface area (Å²) >= 11 is 0. The first-order valence-electron chi connectivity index (χ1n) is 10.7. The van der Waals surface area contributed by atoms with Crippen molar-refractivity contribution in [2.45, 2.75) is 32.7 Å². The number of fused-ring (bicyclic) bond motifs is 1. The Kier molecular flexibility index (Phi) is 6.35. The van der Waals surface area contributed by atoms with Gasteiger partial charge < -0.3 is 19.9 Å². The Morgan fingerprint density at radius 1 is 1.16 bits per heavy atom. The molecule has 0 atom stereocenters. The predicted molar refractivity (Wildman–Crippen MR) is 117 cm³/mol. The number of hydrogen-bond acceptors (Lipinski definition) is 5. The summed E-state index contributed by atoms with van der Waals surface area (Å²) in [5.41, 5.74) is 3.56. The average Bonchev–Trinajstić information content (AvgIpc) is 3.34. The molecule has 1 saturated heterocycles. The molecule has 162 valence electrons. The molecule has 2 N–H and O–H groups in total. The summed E-state index contributed by atoms with van der Waals surface area (Å²) in [6.45, 7) is 6.17. The minimum absolute atomic E-state index is 0.197. The first-order valence-corrected chi connectivity index (χ1v) is 10.7. The molecule has 0 unspecified atom stereocenters. The van der Waals surface area contributed by atoms with E-state index in [4.69, 9.17) is 4.74 Å². The Morgan fingerprint density at radius 3 is 2.68 bits per heavy atom. The van der Waals surface area contributed by atoms with E-state index in [1.807, 2.05) is 35.8 Å². The Bertz CT molecular complexity index is 1030. The van der Waals surface area contributed by atoms with Crippen LogP contribution in [0.5, 0.6) is 0 Å². The molecular weight excluding hydrogens is 394 g/mol. The van der Waals surface area contributed by atoms with Gasteiger partial charge in [-0.3, -0.25) is 14.5 Å². The molecule has 0 aliphatic carbocycles. The number of aryl methyl sites for hydroxylation is 1. The van der Waals surface area contributed by atoms with Crippen molar-refractivity contribution in [3.8, 4) is 6.07 Å². The molecule has 0 saturated carbocycles. The third kappa shape index (κ3) is 4.48. The first-order chi connectivity index (χ1) is 15.1. The van der Waals surface area contributed by atoms with Gasteiger partial charge in [0.25, 0.3) is 5.91 Å². The van der Waals surface area contributed by atoms with Crippen LogP contribution in [-0.4, -0.2) is 54.1 Å². The number of nitrogens with one attached hydrogen (secondary N) is 2. The molecule has 8 nitrogen and oxygen atoms in total. The highest BCUT2D eigenvalue weighted by atomic mass is 16.5. The highest BCUT2D eigenvalue weighted by Crippen LogP contribution is 2.34. The fourth-order valence-electron chi connectivity index (χ4n) is 4.24. The molecule has 2 aliphatic heterocycles. The molecule has 1 aromatic heterocycles. The predicted octanol–water partition coefficient (Wildman–Crippen LogP) is 2.53. The SMILES string of the molecule is Cc1ccccc1NC(=O)c1c(NC(=O)CCN2CCOCC2)c(C#N)c2n1CCC2. The van der Waals surface area contributed by atoms with Crippen molar-refractivity contribution in [3.05, 3.63) is 46.8 Å². The second-order valence-electron chi connectivity index (χ2n) is 7.93. The lowest BCUT2D eigenvalue weighted by molar-refractivity contribution is -0.116. The minimum Gasteiger partial charge on any atom is -0.379 e. The van der Waals surface area contributed by atoms with Crippen LogP contribution in [0.2, 0.25) is 0 Å². The largest absolute Gasteiger partial charge is 0.379 e. The molecule has 2 amide bonds. The van der Waals surface area contributed by atoms with E-state index in [2.05, 4.69) is 21.6 Å². The van der Waals surface area contributed by atoms with E-state index in [-0.39, 0.29) is 11.8 Å². The van der Waals surface area contributed by atoms with Crippen molar-refractivity contribution in [2.75, 3.05) is 43.5 Å². The number of nitrogens with zero attached hydrogens (tertiary/aromatic N) is 3. The van der Waals surface area contributed by atoms with Crippen LogP contribution in [0.15, 0.2) is 24.3 Å². The van der Waals surface area contributed by atoms with Gasteiger partial charge in [-0.1, -0.05) is 18.2 Å². The fourth-order valence-corrected chi connectivity index (χ4v) is 4.24. The van der Waals surface area contributed by atoms with E-state index in [9.17, 15) is 14.9 Å². The van der Waals surface area contributed by atoms with Crippen LogP contribution in [0.25, 0.3) is 0 Å². The van der Waals surface area contributed by atoms with E-state index in [1.165, 1.54) is 0 Å². The molecule has 2 aliphatic rings. The number of anilines is 2. The molecule has 0 spiro atoms. The van der Waals surface area contributed by atoms with Crippen molar-refractivity contribution in [3.63, 3.8) is 0 Å². The number of carbonyl (C=O) groups excluding carboxylic acids is 2. The number of rotatable bonds is 6. The number of nitriles is 1. The number of amides is 2. The molecule has 1 aromatic carbocycles. The van der Waals surface area contributed by atoms with Crippen LogP contribution in [0.4, 0.5) is 11.4 Å². The molecule has 3 heterocycles. The van der Waals surface area contributed by atoms with Gasteiger partial charge in [0.1, 0.15) is 11.8 Å². The summed E-state index contributed by atoms with van der Waals surface area (Å²) in [7, 11) is 0. The molecule has 8 heteroatoms. The van der Waals surface area contributed by atoms with E-state index >= 15 is 0 Å². The lowest BCUT2D eigenvalue weighted by Gasteiger charge is -2.26. The van der Waals surface area contributed by atoms with Crippen LogP contribution in [0, 0.1) is 18.3 Å². The van der Waals surface area contributed by atoms with Crippen molar-refractivity contribution in [1.82, 2.24) is 9.47 Å².